The lowest BCUT2D eigenvalue weighted by molar-refractivity contribution is 0.0825. The van der Waals surface area contributed by atoms with Crippen LogP contribution in [0.25, 0.3) is 0 Å². The second-order valence-electron chi connectivity index (χ2n) is 6.16. The molecular formula is C20H31F2N7O. The minimum absolute atomic E-state index is 0.0109. The Morgan fingerprint density at radius 1 is 1.33 bits per heavy atom. The maximum absolute atomic E-state index is 13.8. The Labute approximate surface area is 176 Å². The van der Waals surface area contributed by atoms with E-state index in [2.05, 4.69) is 20.8 Å². The van der Waals surface area contributed by atoms with Crippen molar-refractivity contribution in [1.82, 2.24) is 20.8 Å². The Balaban J connectivity index is 0.00000218. The summed E-state index contributed by atoms with van der Waals surface area (Å²) in [6.45, 7) is 6.78. The monoisotopic (exact) mass is 423 g/mol. The first-order valence-corrected chi connectivity index (χ1v) is 9.99. The summed E-state index contributed by atoms with van der Waals surface area (Å²) in [5.74, 6) is 3.08. The number of nitrogen functional groups attached to an aromatic ring is 1. The van der Waals surface area contributed by atoms with Gasteiger partial charge in [0.2, 0.25) is 0 Å². The SMILES string of the molecule is CC.CC/C=C\C(F)=C(\F)CN=C(NN)c1cc(C(=O)NN2CCCC2)cnc1N. The molecule has 0 bridgehead atoms. The van der Waals surface area contributed by atoms with E-state index in [4.69, 9.17) is 11.6 Å². The van der Waals surface area contributed by atoms with E-state index >= 15 is 0 Å². The quantitative estimate of drug-likeness (QED) is 0.176. The highest BCUT2D eigenvalue weighted by Crippen LogP contribution is 2.15. The predicted octanol–water partition coefficient (Wildman–Crippen LogP) is 2.76. The number of hydrazine groups is 2. The molecule has 0 aromatic carbocycles. The van der Waals surface area contributed by atoms with Crippen molar-refractivity contribution in [3.63, 3.8) is 0 Å². The van der Waals surface area contributed by atoms with Crippen LogP contribution in [0.2, 0.25) is 0 Å². The largest absolute Gasteiger partial charge is 0.383 e. The van der Waals surface area contributed by atoms with Crippen molar-refractivity contribution in [1.29, 1.82) is 0 Å². The van der Waals surface area contributed by atoms with Gasteiger partial charge in [-0.15, -0.1) is 0 Å². The lowest BCUT2D eigenvalue weighted by Crippen LogP contribution is -2.40. The lowest BCUT2D eigenvalue weighted by atomic mass is 10.1. The first-order valence-electron chi connectivity index (χ1n) is 9.99. The Hall–Kier alpha value is -2.85. The van der Waals surface area contributed by atoms with Gasteiger partial charge in [-0.2, -0.15) is 0 Å². The van der Waals surface area contributed by atoms with Gasteiger partial charge >= 0.3 is 0 Å². The molecule has 2 rings (SSSR count). The number of nitrogens with zero attached hydrogens (tertiary/aromatic N) is 3. The average molecular weight is 424 g/mol. The summed E-state index contributed by atoms with van der Waals surface area (Å²) >= 11 is 0. The number of pyridine rings is 1. The van der Waals surface area contributed by atoms with Gasteiger partial charge in [-0.05, 0) is 31.4 Å². The molecule has 1 fully saturated rings. The van der Waals surface area contributed by atoms with Crippen molar-refractivity contribution in [2.45, 2.75) is 40.0 Å². The van der Waals surface area contributed by atoms with Crippen molar-refractivity contribution < 1.29 is 13.6 Å². The molecule has 30 heavy (non-hydrogen) atoms. The van der Waals surface area contributed by atoms with Gasteiger partial charge in [0.1, 0.15) is 11.7 Å². The maximum Gasteiger partial charge on any atom is 0.267 e. The summed E-state index contributed by atoms with van der Waals surface area (Å²) in [4.78, 5) is 20.3. The Morgan fingerprint density at radius 3 is 2.60 bits per heavy atom. The van der Waals surface area contributed by atoms with Gasteiger partial charge < -0.3 is 11.2 Å². The maximum atomic E-state index is 13.8. The van der Waals surface area contributed by atoms with E-state index in [-0.39, 0.29) is 28.7 Å². The van der Waals surface area contributed by atoms with Crippen LogP contribution in [-0.4, -0.2) is 41.4 Å². The third-order valence-electron chi connectivity index (χ3n) is 4.07. The standard InChI is InChI=1S/C18H25F2N7O.C2H6/c1-2-3-6-14(19)15(20)11-24-17(25-22)13-9-12(10-23-16(13)21)18(28)26-27-7-4-5-8-27;1-2/h3,6,9-10H,2,4-5,7-8,11,22H2,1H3,(H2,21,23)(H,24,25)(H,26,28);1-2H3/b6-3-,15-14-;. The molecule has 2 heterocycles. The van der Waals surface area contributed by atoms with E-state index in [1.807, 2.05) is 18.9 Å². The van der Waals surface area contributed by atoms with Gasteiger partial charge in [0.15, 0.2) is 11.7 Å². The molecule has 1 aromatic heterocycles. The minimum atomic E-state index is -1.05. The number of nitrogens with one attached hydrogen (secondary N) is 2. The number of hydrogen-bond acceptors (Lipinski definition) is 6. The second kappa shape index (κ2) is 13.4. The fourth-order valence-corrected chi connectivity index (χ4v) is 2.57. The summed E-state index contributed by atoms with van der Waals surface area (Å²) in [5.41, 5.74) is 11.4. The van der Waals surface area contributed by atoms with Crippen molar-refractivity contribution in [2.24, 2.45) is 10.8 Å². The number of aliphatic imine (C=N–C) groups is 1. The molecule has 0 unspecified atom stereocenters. The number of hydrogen-bond donors (Lipinski definition) is 4. The normalized spacial score (nSPS) is 15.5. The number of carbonyl (C=O) groups is 1. The van der Waals surface area contributed by atoms with Crippen LogP contribution in [0, 0.1) is 0 Å². The summed E-state index contributed by atoms with van der Waals surface area (Å²) in [6.07, 6.45) is 6.47. The lowest BCUT2D eigenvalue weighted by Gasteiger charge is -2.16. The van der Waals surface area contributed by atoms with Crippen LogP contribution in [0.1, 0.15) is 56.0 Å². The molecule has 1 aliphatic rings. The molecule has 8 nitrogen and oxygen atoms in total. The van der Waals surface area contributed by atoms with Crippen LogP contribution >= 0.6 is 0 Å². The first-order chi connectivity index (χ1) is 14.5. The van der Waals surface area contributed by atoms with Gasteiger partial charge in [0, 0.05) is 19.3 Å². The van der Waals surface area contributed by atoms with Crippen molar-refractivity contribution in [3.8, 4) is 0 Å². The number of aromatic nitrogens is 1. The summed E-state index contributed by atoms with van der Waals surface area (Å²) < 4.78 is 27.4. The van der Waals surface area contributed by atoms with E-state index in [1.54, 1.807) is 6.92 Å². The number of rotatable bonds is 7. The second-order valence-corrected chi connectivity index (χ2v) is 6.16. The predicted molar refractivity (Wildman–Crippen MR) is 116 cm³/mol. The number of carbonyl (C=O) groups excluding carboxylic acids is 1. The molecule has 1 aliphatic heterocycles. The van der Waals surface area contributed by atoms with Crippen molar-refractivity contribution >= 4 is 17.6 Å². The van der Waals surface area contributed by atoms with Gasteiger partial charge in [0.05, 0.1) is 17.7 Å². The third kappa shape index (κ3) is 7.53. The zero-order chi connectivity index (χ0) is 22.5. The summed E-state index contributed by atoms with van der Waals surface area (Å²) in [7, 11) is 0. The van der Waals surface area contributed by atoms with E-state index < -0.39 is 18.2 Å². The number of halogens is 2. The number of anilines is 1. The minimum Gasteiger partial charge on any atom is -0.383 e. The summed E-state index contributed by atoms with van der Waals surface area (Å²) in [6, 6.07) is 1.45. The van der Waals surface area contributed by atoms with Gasteiger partial charge in [-0.3, -0.25) is 15.2 Å². The van der Waals surface area contributed by atoms with Gasteiger partial charge in [0.25, 0.3) is 5.91 Å². The van der Waals surface area contributed by atoms with E-state index in [9.17, 15) is 13.6 Å². The van der Waals surface area contributed by atoms with Crippen LogP contribution in [-0.2, 0) is 0 Å². The smallest absolute Gasteiger partial charge is 0.267 e. The highest BCUT2D eigenvalue weighted by molar-refractivity contribution is 6.04. The highest BCUT2D eigenvalue weighted by atomic mass is 19.2. The van der Waals surface area contributed by atoms with Gasteiger partial charge in [-0.25, -0.2) is 24.6 Å². The molecular weight excluding hydrogens is 392 g/mol. The number of allylic oxidation sites excluding steroid dienone is 3. The fourth-order valence-electron chi connectivity index (χ4n) is 2.57. The highest BCUT2D eigenvalue weighted by Gasteiger charge is 2.18. The Kier molecular flexibility index (Phi) is 11.2. The molecule has 10 heteroatoms. The van der Waals surface area contributed by atoms with Crippen molar-refractivity contribution in [2.75, 3.05) is 25.4 Å². The van der Waals surface area contributed by atoms with Crippen molar-refractivity contribution in [3.05, 3.63) is 47.2 Å². The van der Waals surface area contributed by atoms with E-state index in [1.165, 1.54) is 18.3 Å². The molecule has 0 aliphatic carbocycles. The molecule has 1 saturated heterocycles. The van der Waals surface area contributed by atoms with E-state index in [0.29, 0.717) is 6.42 Å². The molecule has 0 atom stereocenters. The van der Waals surface area contributed by atoms with Crippen LogP contribution in [0.15, 0.2) is 41.1 Å². The molecule has 1 amide bonds. The molecule has 0 spiro atoms. The molecule has 6 N–H and O–H groups in total. The summed E-state index contributed by atoms with van der Waals surface area (Å²) in [5, 5.41) is 1.82. The fraction of sp³-hybridized carbons (Fsp3) is 0.450. The van der Waals surface area contributed by atoms with Crippen LogP contribution in [0.3, 0.4) is 0 Å². The molecule has 166 valence electrons. The molecule has 1 aromatic rings. The number of amidine groups is 1. The zero-order valence-electron chi connectivity index (χ0n) is 17.7. The Bertz CT molecular complexity index is 787. The van der Waals surface area contributed by atoms with Crippen LogP contribution in [0.4, 0.5) is 14.6 Å². The zero-order valence-corrected chi connectivity index (χ0v) is 17.7. The molecule has 0 radical (unpaired) electrons. The Morgan fingerprint density at radius 2 is 2.00 bits per heavy atom. The molecule has 0 saturated carbocycles. The van der Waals surface area contributed by atoms with Crippen LogP contribution < -0.4 is 22.4 Å². The first kappa shape index (κ1) is 25.2. The number of nitrogens with two attached hydrogens (primary N) is 2. The third-order valence-corrected chi connectivity index (χ3v) is 4.07. The topological polar surface area (TPSA) is 122 Å². The van der Waals surface area contributed by atoms with Crippen LogP contribution in [0.5, 0.6) is 0 Å². The average Bonchev–Trinajstić information content (AvgIpc) is 3.27. The van der Waals surface area contributed by atoms with Gasteiger partial charge in [-0.1, -0.05) is 26.8 Å². The number of amides is 1. The van der Waals surface area contributed by atoms with E-state index in [0.717, 1.165) is 32.0 Å².